The Hall–Kier alpha value is -4.04. The average Bonchev–Trinajstić information content (AvgIpc) is 1.29. The van der Waals surface area contributed by atoms with Gasteiger partial charge < -0.3 is 109 Å². The number of aromatic hydroxyl groups is 1. The molecule has 4 saturated heterocycles. The quantitative estimate of drug-likeness (QED) is 0.0678. The number of aliphatic hydroxyl groups excluding tert-OH is 10. The van der Waals surface area contributed by atoms with Crippen LogP contribution in [0.1, 0.15) is 176 Å². The van der Waals surface area contributed by atoms with Gasteiger partial charge in [-0.15, -0.1) is 0 Å². The maximum atomic E-state index is 13.9. The molecular weight excluding hydrogens is 1230 g/mol. The number of carbonyl (C=O) groups is 4. The van der Waals surface area contributed by atoms with E-state index >= 15 is 0 Å². The molecule has 30 atom stereocenters. The summed E-state index contributed by atoms with van der Waals surface area (Å²) in [4.78, 5) is 53.7. The fourth-order valence-corrected chi connectivity index (χ4v) is 13.8. The van der Waals surface area contributed by atoms with E-state index < -0.39 is 200 Å². The molecule has 5 aliphatic heterocycles. The Balaban J connectivity index is 1.15. The van der Waals surface area contributed by atoms with Gasteiger partial charge in [0, 0.05) is 88.2 Å². The second-order valence-electron chi connectivity index (χ2n) is 27.7. The summed E-state index contributed by atoms with van der Waals surface area (Å²) in [5.74, 6) is -11.8. The van der Waals surface area contributed by atoms with Crippen molar-refractivity contribution < 1.29 is 128 Å². The molecule has 0 aromatic heterocycles. The van der Waals surface area contributed by atoms with Gasteiger partial charge in [0.2, 0.25) is 12.1 Å². The Morgan fingerprint density at radius 3 is 2.03 bits per heavy atom. The fourth-order valence-electron chi connectivity index (χ4n) is 13.8. The molecule has 26 heteroatoms. The van der Waals surface area contributed by atoms with Gasteiger partial charge in [-0.3, -0.25) is 9.59 Å². The smallest absolute Gasteiger partial charge is 0.338 e. The van der Waals surface area contributed by atoms with E-state index in [9.17, 15) is 80.5 Å². The zero-order valence-corrected chi connectivity index (χ0v) is 56.6. The monoisotopic (exact) mass is 1340 g/mol. The number of fused-ring (bicyclic) bond motifs is 3. The number of ether oxygens (including phenoxy) is 10. The fraction of sp³-hybridized carbons (Fsp3) is 0.824. The van der Waals surface area contributed by atoms with Gasteiger partial charge in [0.05, 0.1) is 84.9 Å². The van der Waals surface area contributed by atoms with E-state index in [0.717, 1.165) is 13.0 Å². The minimum absolute atomic E-state index is 0.00929. The van der Waals surface area contributed by atoms with E-state index in [1.165, 1.54) is 31.4 Å². The molecule has 94 heavy (non-hydrogen) atoms. The Bertz CT molecular complexity index is 2570. The predicted molar refractivity (Wildman–Crippen MR) is 335 cm³/mol. The highest BCUT2D eigenvalue weighted by atomic mass is 16.7. The largest absolute Gasteiger partial charge is 0.504 e. The van der Waals surface area contributed by atoms with Crippen LogP contribution in [0, 0.1) is 41.4 Å². The van der Waals surface area contributed by atoms with Gasteiger partial charge in [-0.25, -0.2) is 9.59 Å². The number of carbonyl (C=O) groups excluding carboxylic acids is 4. The molecule has 0 amide bonds. The number of phenolic OH excluding ortho intramolecular Hbond substituents is 1. The average molecular weight is 1340 g/mol. The molecule has 5 aliphatic rings. The Morgan fingerprint density at radius 2 is 1.37 bits per heavy atom. The first-order valence-electron chi connectivity index (χ1n) is 33.9. The predicted octanol–water partition coefficient (Wildman–Crippen LogP) is 3.57. The second kappa shape index (κ2) is 35.6. The number of rotatable bonds is 15. The molecule has 2 bridgehead atoms. The van der Waals surface area contributed by atoms with Gasteiger partial charge in [-0.1, -0.05) is 67.9 Å². The van der Waals surface area contributed by atoms with Crippen molar-refractivity contribution >= 4 is 23.7 Å². The third kappa shape index (κ3) is 21.0. The molecule has 538 valence electrons. The summed E-state index contributed by atoms with van der Waals surface area (Å²) in [6, 6.07) is 4.04. The minimum Gasteiger partial charge on any atom is -0.504 e. The third-order valence-electron chi connectivity index (χ3n) is 20.2. The van der Waals surface area contributed by atoms with Gasteiger partial charge in [-0.05, 0) is 88.8 Å². The SMILES string of the molecule is CCC(OC1CC(OC(=O)c2ccc(O)c(OC3CCC(O)C(C)O3)c2)C(OC)C(C)O1)C(C)C(O)C(C)C(O)C(C)C1OC(=O)C=CC(C)C(O)CC(O)C(C)CCCC(C)C(O)C(=O)C2(O)OC(CC(OC(C)=O)CC(O)CCCC(O)C3OC3C1C)CC(O)C2O. The first-order chi connectivity index (χ1) is 44.2. The summed E-state index contributed by atoms with van der Waals surface area (Å²) in [6.45, 7) is 18.3. The van der Waals surface area contributed by atoms with Crippen LogP contribution in [0.3, 0.4) is 0 Å². The van der Waals surface area contributed by atoms with E-state index in [0.29, 0.717) is 32.1 Å². The molecule has 0 aliphatic carbocycles. The number of aliphatic hydroxyl groups is 11. The number of hydrogen-bond donors (Lipinski definition) is 12. The van der Waals surface area contributed by atoms with Crippen LogP contribution >= 0.6 is 0 Å². The summed E-state index contributed by atoms with van der Waals surface area (Å²) >= 11 is 0. The van der Waals surface area contributed by atoms with Crippen molar-refractivity contribution in [3.8, 4) is 11.5 Å². The number of benzene rings is 1. The highest BCUT2D eigenvalue weighted by Crippen LogP contribution is 2.42. The summed E-state index contributed by atoms with van der Waals surface area (Å²) in [5, 5.41) is 135. The Kier molecular flexibility index (Phi) is 29.9. The number of methoxy groups -OCH3 is 1. The normalized spacial score (nSPS) is 40.2. The number of ketones is 1. The van der Waals surface area contributed by atoms with Gasteiger partial charge in [0.1, 0.15) is 42.7 Å². The van der Waals surface area contributed by atoms with Crippen LogP contribution in [-0.2, 0) is 57.0 Å². The standard InChI is InChI=1S/C68H110O26/c1-13-52(89-57-31-54(63(85-12)40(10)87-57)91-67(83)42-21-22-47(72)53(26-42)90-56-25-23-46(71)39(9)86-56)35(5)59(79)36(6)60(80)37(7)61-38(8)62-64(93-62)48(73)19-15-18-43(70)27-44(88-41(11)69)28-45-29-51(76)65(81)68(84,94-45)66(82)58(78)34(4)17-14-16-32(2)49(74)30-50(75)33(3)20-24-55(77)92-61/h20-22,24,26,32-40,43-46,48-52,54,56-65,70-76,78-81,84H,13-19,23,25,27-31H2,1-12H3. The molecule has 5 heterocycles. The molecule has 0 spiro atoms. The topological polar surface area (TPSA) is 407 Å². The first-order valence-corrected chi connectivity index (χ1v) is 33.9. The number of phenols is 1. The van der Waals surface area contributed by atoms with Gasteiger partial charge in [0.15, 0.2) is 17.8 Å². The second-order valence-corrected chi connectivity index (χ2v) is 27.7. The van der Waals surface area contributed by atoms with Crippen molar-refractivity contribution in [1.82, 2.24) is 0 Å². The molecule has 26 nitrogen and oxygen atoms in total. The highest BCUT2D eigenvalue weighted by molar-refractivity contribution is 5.91. The molecular formula is C68H110O26. The molecule has 30 unspecified atom stereocenters. The summed E-state index contributed by atoms with van der Waals surface area (Å²) in [7, 11) is 1.46. The van der Waals surface area contributed by atoms with Crippen LogP contribution in [0.5, 0.6) is 11.5 Å². The molecule has 0 saturated carbocycles. The zero-order chi connectivity index (χ0) is 69.8. The lowest BCUT2D eigenvalue weighted by Gasteiger charge is -2.44. The maximum Gasteiger partial charge on any atom is 0.338 e. The Labute approximate surface area is 552 Å². The van der Waals surface area contributed by atoms with Crippen LogP contribution < -0.4 is 4.74 Å². The molecule has 1 aromatic carbocycles. The Morgan fingerprint density at radius 1 is 0.702 bits per heavy atom. The van der Waals surface area contributed by atoms with Crippen LogP contribution in [0.25, 0.3) is 0 Å². The summed E-state index contributed by atoms with van der Waals surface area (Å²) in [5.41, 5.74) is 0.0732. The first kappa shape index (κ1) is 79.0. The van der Waals surface area contributed by atoms with Crippen molar-refractivity contribution in [2.45, 2.75) is 306 Å². The van der Waals surface area contributed by atoms with Crippen molar-refractivity contribution in [1.29, 1.82) is 0 Å². The van der Waals surface area contributed by atoms with Crippen molar-refractivity contribution in [3.63, 3.8) is 0 Å². The van der Waals surface area contributed by atoms with Crippen LogP contribution in [0.2, 0.25) is 0 Å². The zero-order valence-electron chi connectivity index (χ0n) is 56.6. The van der Waals surface area contributed by atoms with E-state index in [-0.39, 0.29) is 80.8 Å². The van der Waals surface area contributed by atoms with Crippen LogP contribution in [0.4, 0.5) is 0 Å². The number of Topliss-reactive ketones (excluding diaryl/α,β-unsaturated/α-hetero) is 1. The number of hydrogen-bond acceptors (Lipinski definition) is 26. The minimum atomic E-state index is -3.04. The summed E-state index contributed by atoms with van der Waals surface area (Å²) in [6.07, 6.45) is -18.7. The van der Waals surface area contributed by atoms with Gasteiger partial charge in [-0.2, -0.15) is 0 Å². The summed E-state index contributed by atoms with van der Waals surface area (Å²) < 4.78 is 59.7. The molecule has 12 N–H and O–H groups in total. The molecule has 6 rings (SSSR count). The maximum absolute atomic E-state index is 13.9. The lowest BCUT2D eigenvalue weighted by atomic mass is 9.77. The number of cyclic esters (lactones) is 1. The van der Waals surface area contributed by atoms with E-state index in [1.807, 2.05) is 6.92 Å². The van der Waals surface area contributed by atoms with E-state index in [1.54, 1.807) is 62.3 Å². The molecule has 4 fully saturated rings. The van der Waals surface area contributed by atoms with Gasteiger partial charge >= 0.3 is 17.9 Å². The lowest BCUT2D eigenvalue weighted by Crippen LogP contribution is -2.65. The lowest BCUT2D eigenvalue weighted by molar-refractivity contribution is -0.309. The van der Waals surface area contributed by atoms with E-state index in [2.05, 4.69) is 0 Å². The van der Waals surface area contributed by atoms with E-state index in [4.69, 9.17) is 47.4 Å². The highest BCUT2D eigenvalue weighted by Gasteiger charge is 2.57. The number of epoxide rings is 1. The van der Waals surface area contributed by atoms with Crippen molar-refractivity contribution in [3.05, 3.63) is 35.9 Å². The third-order valence-corrected chi connectivity index (χ3v) is 20.2. The van der Waals surface area contributed by atoms with Gasteiger partial charge in [0.25, 0.3) is 5.79 Å². The molecule has 1 aromatic rings. The van der Waals surface area contributed by atoms with Crippen LogP contribution in [-0.4, -0.2) is 233 Å². The van der Waals surface area contributed by atoms with Crippen molar-refractivity contribution in [2.75, 3.05) is 7.11 Å². The van der Waals surface area contributed by atoms with Crippen LogP contribution in [0.15, 0.2) is 30.4 Å². The molecule has 0 radical (unpaired) electrons. The van der Waals surface area contributed by atoms with Crippen molar-refractivity contribution in [2.24, 2.45) is 41.4 Å². The number of esters is 3.